The number of ketones is 1. The van der Waals surface area contributed by atoms with Gasteiger partial charge in [0.15, 0.2) is 5.78 Å². The van der Waals surface area contributed by atoms with Gasteiger partial charge in [-0.1, -0.05) is 0 Å². The van der Waals surface area contributed by atoms with Crippen molar-refractivity contribution in [3.8, 4) is 0 Å². The zero-order chi connectivity index (χ0) is 12.0. The van der Waals surface area contributed by atoms with Crippen molar-refractivity contribution in [2.75, 3.05) is 0 Å². The Morgan fingerprint density at radius 2 is 2.06 bits per heavy atom. The van der Waals surface area contributed by atoms with E-state index in [1.807, 2.05) is 20.2 Å². The maximum absolute atomic E-state index is 12.4. The van der Waals surface area contributed by atoms with Gasteiger partial charge in [-0.2, -0.15) is 5.10 Å². The second kappa shape index (κ2) is 3.95. The van der Waals surface area contributed by atoms with Gasteiger partial charge in [0.1, 0.15) is 0 Å². The summed E-state index contributed by atoms with van der Waals surface area (Å²) in [4.78, 5) is 12.4. The van der Waals surface area contributed by atoms with Gasteiger partial charge in [0, 0.05) is 19.2 Å². The molecule has 2 bridgehead atoms. The highest BCUT2D eigenvalue weighted by atomic mass is 16.5. The average molecular weight is 234 g/mol. The van der Waals surface area contributed by atoms with Crippen LogP contribution >= 0.6 is 0 Å². The quantitative estimate of drug-likeness (QED) is 0.734. The molecule has 2 atom stereocenters. The number of carbonyl (C=O) groups excluding carboxylic acids is 1. The first kappa shape index (κ1) is 11.0. The number of aromatic nitrogens is 2. The lowest BCUT2D eigenvalue weighted by Crippen LogP contribution is -2.30. The minimum Gasteiger partial charge on any atom is -0.375 e. The van der Waals surface area contributed by atoms with Crippen LogP contribution in [0.4, 0.5) is 0 Å². The molecule has 92 valence electrons. The second-order valence-electron chi connectivity index (χ2n) is 5.29. The zero-order valence-electron chi connectivity index (χ0n) is 10.3. The van der Waals surface area contributed by atoms with Gasteiger partial charge in [0.2, 0.25) is 0 Å². The van der Waals surface area contributed by atoms with Crippen molar-refractivity contribution >= 4 is 5.78 Å². The smallest absolute Gasteiger partial charge is 0.169 e. The minimum absolute atomic E-state index is 0.143. The molecule has 2 aliphatic rings. The third kappa shape index (κ3) is 1.90. The van der Waals surface area contributed by atoms with Gasteiger partial charge in [0.05, 0.1) is 23.5 Å². The molecule has 0 amide bonds. The van der Waals surface area contributed by atoms with Crippen LogP contribution < -0.4 is 0 Å². The lowest BCUT2D eigenvalue weighted by Gasteiger charge is -2.27. The molecule has 2 fully saturated rings. The SMILES string of the molecule is Cc1nn(C)cc1C(=O)C1CC2CCC(C1)O2. The highest BCUT2D eigenvalue weighted by Gasteiger charge is 2.38. The van der Waals surface area contributed by atoms with Crippen LogP contribution in [0, 0.1) is 12.8 Å². The highest BCUT2D eigenvalue weighted by Crippen LogP contribution is 2.37. The molecule has 17 heavy (non-hydrogen) atoms. The number of rotatable bonds is 2. The van der Waals surface area contributed by atoms with Gasteiger partial charge in [-0.15, -0.1) is 0 Å². The molecular weight excluding hydrogens is 216 g/mol. The van der Waals surface area contributed by atoms with Crippen molar-refractivity contribution < 1.29 is 9.53 Å². The Morgan fingerprint density at radius 1 is 1.41 bits per heavy atom. The van der Waals surface area contributed by atoms with Gasteiger partial charge in [-0.3, -0.25) is 9.48 Å². The number of ether oxygens (including phenoxy) is 1. The van der Waals surface area contributed by atoms with Crippen molar-refractivity contribution in [1.82, 2.24) is 9.78 Å². The molecule has 3 heterocycles. The molecular formula is C13H18N2O2. The molecule has 2 unspecified atom stereocenters. The standard InChI is InChI=1S/C13H18N2O2/c1-8-12(7-15(2)14-8)13(16)9-5-10-3-4-11(6-9)17-10/h7,9-11H,3-6H2,1-2H3. The number of hydrogen-bond donors (Lipinski definition) is 0. The maximum Gasteiger partial charge on any atom is 0.169 e. The third-order valence-corrected chi connectivity index (χ3v) is 3.94. The molecule has 0 N–H and O–H groups in total. The monoisotopic (exact) mass is 234 g/mol. The minimum atomic E-state index is 0.143. The first-order valence-electron chi connectivity index (χ1n) is 6.33. The molecule has 2 saturated heterocycles. The molecule has 2 aliphatic heterocycles. The Morgan fingerprint density at radius 3 is 2.59 bits per heavy atom. The van der Waals surface area contributed by atoms with Crippen LogP contribution in [0.25, 0.3) is 0 Å². The van der Waals surface area contributed by atoms with E-state index < -0.39 is 0 Å². The summed E-state index contributed by atoms with van der Waals surface area (Å²) < 4.78 is 7.49. The van der Waals surface area contributed by atoms with Crippen LogP contribution in [0.3, 0.4) is 0 Å². The molecule has 3 rings (SSSR count). The Kier molecular flexibility index (Phi) is 2.54. The molecule has 1 aromatic rings. The van der Waals surface area contributed by atoms with Crippen LogP contribution in [0.5, 0.6) is 0 Å². The predicted molar refractivity (Wildman–Crippen MR) is 62.9 cm³/mol. The van der Waals surface area contributed by atoms with Gasteiger partial charge in [0.25, 0.3) is 0 Å². The number of Topliss-reactive ketones (excluding diaryl/α,β-unsaturated/α-hetero) is 1. The fraction of sp³-hybridized carbons (Fsp3) is 0.692. The lowest BCUT2D eigenvalue weighted by atomic mass is 9.88. The van der Waals surface area contributed by atoms with Crippen LogP contribution in [0.15, 0.2) is 6.20 Å². The average Bonchev–Trinajstić information content (AvgIpc) is 2.80. The summed E-state index contributed by atoms with van der Waals surface area (Å²) in [6.45, 7) is 1.90. The first-order chi connectivity index (χ1) is 8.13. The van der Waals surface area contributed by atoms with Crippen molar-refractivity contribution in [2.45, 2.75) is 44.8 Å². The molecule has 0 spiro atoms. The Bertz CT molecular complexity index is 440. The summed E-state index contributed by atoms with van der Waals surface area (Å²) in [6, 6.07) is 0. The Hall–Kier alpha value is -1.16. The fourth-order valence-electron chi connectivity index (χ4n) is 3.13. The van der Waals surface area contributed by atoms with E-state index in [2.05, 4.69) is 5.10 Å². The topological polar surface area (TPSA) is 44.1 Å². The largest absolute Gasteiger partial charge is 0.375 e. The van der Waals surface area contributed by atoms with Crippen LogP contribution in [0.2, 0.25) is 0 Å². The van der Waals surface area contributed by atoms with Crippen molar-refractivity contribution in [2.24, 2.45) is 13.0 Å². The van der Waals surface area contributed by atoms with E-state index in [-0.39, 0.29) is 11.7 Å². The molecule has 4 heteroatoms. The fourth-order valence-corrected chi connectivity index (χ4v) is 3.13. The number of hydrogen-bond acceptors (Lipinski definition) is 3. The van der Waals surface area contributed by atoms with E-state index >= 15 is 0 Å². The number of carbonyl (C=O) groups is 1. The highest BCUT2D eigenvalue weighted by molar-refractivity contribution is 5.98. The van der Waals surface area contributed by atoms with E-state index in [9.17, 15) is 4.79 Å². The molecule has 0 aliphatic carbocycles. The third-order valence-electron chi connectivity index (χ3n) is 3.94. The van der Waals surface area contributed by atoms with Gasteiger partial charge >= 0.3 is 0 Å². The van der Waals surface area contributed by atoms with Crippen LogP contribution in [0.1, 0.15) is 41.7 Å². The van der Waals surface area contributed by atoms with E-state index in [0.29, 0.717) is 12.2 Å². The van der Waals surface area contributed by atoms with E-state index in [0.717, 1.165) is 36.9 Å². The zero-order valence-corrected chi connectivity index (χ0v) is 10.3. The summed E-state index contributed by atoms with van der Waals surface area (Å²) in [5.74, 6) is 0.403. The van der Waals surface area contributed by atoms with E-state index in [4.69, 9.17) is 4.74 Å². The van der Waals surface area contributed by atoms with Crippen molar-refractivity contribution in [3.63, 3.8) is 0 Å². The maximum atomic E-state index is 12.4. The summed E-state index contributed by atoms with van der Waals surface area (Å²) in [7, 11) is 1.86. The predicted octanol–water partition coefficient (Wildman–Crippen LogP) is 1.87. The normalized spacial score (nSPS) is 31.8. The summed E-state index contributed by atoms with van der Waals surface area (Å²) in [5, 5.41) is 4.25. The van der Waals surface area contributed by atoms with Gasteiger partial charge < -0.3 is 4.74 Å². The summed E-state index contributed by atoms with van der Waals surface area (Å²) >= 11 is 0. The second-order valence-corrected chi connectivity index (χ2v) is 5.29. The Balaban J connectivity index is 1.80. The van der Waals surface area contributed by atoms with Crippen molar-refractivity contribution in [1.29, 1.82) is 0 Å². The summed E-state index contributed by atoms with van der Waals surface area (Å²) in [5.41, 5.74) is 1.63. The first-order valence-corrected chi connectivity index (χ1v) is 6.33. The number of fused-ring (bicyclic) bond motifs is 2. The molecule has 1 aromatic heterocycles. The van der Waals surface area contributed by atoms with Crippen LogP contribution in [-0.4, -0.2) is 27.8 Å². The van der Waals surface area contributed by atoms with Gasteiger partial charge in [-0.25, -0.2) is 0 Å². The number of aryl methyl sites for hydroxylation is 2. The molecule has 0 radical (unpaired) electrons. The number of nitrogens with zero attached hydrogens (tertiary/aromatic N) is 2. The molecule has 4 nitrogen and oxygen atoms in total. The van der Waals surface area contributed by atoms with E-state index in [1.54, 1.807) is 4.68 Å². The molecule has 0 aromatic carbocycles. The van der Waals surface area contributed by atoms with Gasteiger partial charge in [-0.05, 0) is 32.6 Å². The lowest BCUT2D eigenvalue weighted by molar-refractivity contribution is -0.0149. The summed E-state index contributed by atoms with van der Waals surface area (Å²) in [6.07, 6.45) is 6.52. The van der Waals surface area contributed by atoms with Crippen LogP contribution in [-0.2, 0) is 11.8 Å². The van der Waals surface area contributed by atoms with Crippen molar-refractivity contribution in [3.05, 3.63) is 17.5 Å². The Labute approximate surface area is 101 Å². The van der Waals surface area contributed by atoms with E-state index in [1.165, 1.54) is 0 Å². The molecule has 0 saturated carbocycles.